The first-order valence-corrected chi connectivity index (χ1v) is 12.6. The predicted molar refractivity (Wildman–Crippen MR) is 138 cm³/mol. The van der Waals surface area contributed by atoms with E-state index in [9.17, 15) is 18.8 Å². The van der Waals surface area contributed by atoms with E-state index in [1.54, 1.807) is 49.2 Å². The SMILES string of the molecule is CCOC(=O)C1=C(CN2CCCN(C(=O)c3cccc(F)c3)CC2)N(C)C(=O)NC1c1cccc(Cl)c1. The van der Waals surface area contributed by atoms with E-state index in [2.05, 4.69) is 10.2 Å². The summed E-state index contributed by atoms with van der Waals surface area (Å²) in [6.07, 6.45) is 0.691. The number of halogens is 2. The van der Waals surface area contributed by atoms with Crippen molar-refractivity contribution < 1.29 is 23.5 Å². The maximum Gasteiger partial charge on any atom is 0.338 e. The Kier molecular flexibility index (Phi) is 8.45. The predicted octanol–water partition coefficient (Wildman–Crippen LogP) is 3.84. The Balaban J connectivity index is 1.59. The third-order valence-corrected chi connectivity index (χ3v) is 6.81. The molecule has 2 aromatic carbocycles. The molecule has 8 nitrogen and oxygen atoms in total. The zero-order chi connectivity index (χ0) is 26.5. The van der Waals surface area contributed by atoms with Crippen molar-refractivity contribution in [1.29, 1.82) is 0 Å². The van der Waals surface area contributed by atoms with Gasteiger partial charge in [-0.1, -0.05) is 29.8 Å². The highest BCUT2D eigenvalue weighted by Crippen LogP contribution is 2.32. The molecule has 1 N–H and O–H groups in total. The summed E-state index contributed by atoms with van der Waals surface area (Å²) < 4.78 is 19.0. The quantitative estimate of drug-likeness (QED) is 0.576. The maximum absolute atomic E-state index is 13.6. The van der Waals surface area contributed by atoms with Gasteiger partial charge in [-0.3, -0.25) is 14.6 Å². The zero-order valence-corrected chi connectivity index (χ0v) is 21.6. The lowest BCUT2D eigenvalue weighted by atomic mass is 9.94. The molecule has 4 rings (SSSR count). The summed E-state index contributed by atoms with van der Waals surface area (Å²) >= 11 is 6.20. The molecule has 0 bridgehead atoms. The van der Waals surface area contributed by atoms with Crippen molar-refractivity contribution >= 4 is 29.5 Å². The van der Waals surface area contributed by atoms with Crippen LogP contribution in [-0.4, -0.2) is 79.0 Å². The van der Waals surface area contributed by atoms with Crippen LogP contribution in [0.15, 0.2) is 59.8 Å². The minimum atomic E-state index is -0.713. The minimum Gasteiger partial charge on any atom is -0.463 e. The molecule has 2 heterocycles. The number of nitrogens with zero attached hydrogens (tertiary/aromatic N) is 3. The van der Waals surface area contributed by atoms with Crippen LogP contribution in [0.25, 0.3) is 0 Å². The standard InChI is InChI=1S/C27H30ClFN4O4/c1-3-37-26(35)23-22(31(2)27(36)30-24(23)18-7-4-9-20(28)15-18)17-32-11-6-12-33(14-13-32)25(34)19-8-5-10-21(29)16-19/h4-5,7-10,15-16,24H,3,6,11-14,17H2,1-2H3,(H,30,36). The van der Waals surface area contributed by atoms with Gasteiger partial charge in [0.1, 0.15) is 5.82 Å². The van der Waals surface area contributed by atoms with Gasteiger partial charge in [-0.2, -0.15) is 0 Å². The topological polar surface area (TPSA) is 82.2 Å². The normalized spacial score (nSPS) is 18.9. The van der Waals surface area contributed by atoms with E-state index in [-0.39, 0.29) is 18.5 Å². The third-order valence-electron chi connectivity index (χ3n) is 6.57. The van der Waals surface area contributed by atoms with Crippen molar-refractivity contribution in [3.63, 3.8) is 0 Å². The zero-order valence-electron chi connectivity index (χ0n) is 20.9. The summed E-state index contributed by atoms with van der Waals surface area (Å²) in [7, 11) is 1.62. The van der Waals surface area contributed by atoms with E-state index in [1.165, 1.54) is 23.1 Å². The van der Waals surface area contributed by atoms with Gasteiger partial charge in [-0.25, -0.2) is 14.0 Å². The highest BCUT2D eigenvalue weighted by molar-refractivity contribution is 6.30. The van der Waals surface area contributed by atoms with Gasteiger partial charge in [0.05, 0.1) is 18.2 Å². The number of benzene rings is 2. The number of urea groups is 1. The Morgan fingerprint density at radius 1 is 1.11 bits per heavy atom. The second kappa shape index (κ2) is 11.7. The molecule has 0 aromatic heterocycles. The van der Waals surface area contributed by atoms with Crippen LogP contribution in [-0.2, 0) is 9.53 Å². The Morgan fingerprint density at radius 2 is 1.89 bits per heavy atom. The first-order valence-electron chi connectivity index (χ1n) is 12.3. The molecule has 0 saturated carbocycles. The van der Waals surface area contributed by atoms with Crippen molar-refractivity contribution in [2.45, 2.75) is 19.4 Å². The highest BCUT2D eigenvalue weighted by atomic mass is 35.5. The average Bonchev–Trinajstić information content (AvgIpc) is 3.12. The second-order valence-electron chi connectivity index (χ2n) is 9.01. The Morgan fingerprint density at radius 3 is 2.62 bits per heavy atom. The van der Waals surface area contributed by atoms with Crippen molar-refractivity contribution in [3.8, 4) is 0 Å². The van der Waals surface area contributed by atoms with Gasteiger partial charge in [0, 0.05) is 56.1 Å². The van der Waals surface area contributed by atoms with Gasteiger partial charge < -0.3 is 15.0 Å². The number of nitrogens with one attached hydrogen (secondary N) is 1. The molecule has 1 atom stereocenters. The molecule has 1 unspecified atom stereocenters. The molecule has 3 amide bonds. The summed E-state index contributed by atoms with van der Waals surface area (Å²) in [5.41, 5.74) is 1.88. The van der Waals surface area contributed by atoms with Gasteiger partial charge in [-0.15, -0.1) is 0 Å². The first-order chi connectivity index (χ1) is 17.8. The van der Waals surface area contributed by atoms with Gasteiger partial charge in [0.25, 0.3) is 5.91 Å². The molecule has 1 fully saturated rings. The largest absolute Gasteiger partial charge is 0.463 e. The number of carbonyl (C=O) groups is 3. The van der Waals surface area contributed by atoms with Gasteiger partial charge in [0.2, 0.25) is 0 Å². The van der Waals surface area contributed by atoms with Crippen LogP contribution in [0, 0.1) is 5.82 Å². The van der Waals surface area contributed by atoms with Crippen LogP contribution in [0.3, 0.4) is 0 Å². The number of likely N-dealkylation sites (N-methyl/N-ethyl adjacent to an activating group) is 1. The molecule has 0 aliphatic carbocycles. The van der Waals surface area contributed by atoms with E-state index in [0.29, 0.717) is 66.6 Å². The van der Waals surface area contributed by atoms with E-state index in [4.69, 9.17) is 16.3 Å². The fraction of sp³-hybridized carbons (Fsp3) is 0.370. The highest BCUT2D eigenvalue weighted by Gasteiger charge is 2.37. The number of amides is 3. The lowest BCUT2D eigenvalue weighted by Crippen LogP contribution is -2.49. The Bertz CT molecular complexity index is 1220. The van der Waals surface area contributed by atoms with E-state index in [0.717, 1.165) is 0 Å². The number of hydrogen-bond donors (Lipinski definition) is 1. The summed E-state index contributed by atoms with van der Waals surface area (Å²) in [5, 5.41) is 3.38. The fourth-order valence-corrected chi connectivity index (χ4v) is 4.88. The molecule has 37 heavy (non-hydrogen) atoms. The molecule has 2 aliphatic heterocycles. The van der Waals surface area contributed by atoms with Crippen LogP contribution in [0.5, 0.6) is 0 Å². The summed E-state index contributed by atoms with van der Waals surface area (Å²) in [4.78, 5) is 44.3. The van der Waals surface area contributed by atoms with Crippen molar-refractivity contribution in [2.75, 3.05) is 46.4 Å². The Hall–Kier alpha value is -3.43. The van der Waals surface area contributed by atoms with Gasteiger partial charge >= 0.3 is 12.0 Å². The number of esters is 1. The van der Waals surface area contributed by atoms with Crippen LogP contribution < -0.4 is 5.32 Å². The van der Waals surface area contributed by atoms with E-state index < -0.39 is 17.8 Å². The third kappa shape index (κ3) is 6.11. The molecule has 2 aliphatic rings. The second-order valence-corrected chi connectivity index (χ2v) is 9.45. The Labute approximate surface area is 220 Å². The van der Waals surface area contributed by atoms with Crippen LogP contribution in [0.2, 0.25) is 5.02 Å². The summed E-state index contributed by atoms with van der Waals surface area (Å²) in [6, 6.07) is 11.6. The number of rotatable bonds is 6. The van der Waals surface area contributed by atoms with Crippen molar-refractivity contribution in [2.24, 2.45) is 0 Å². The van der Waals surface area contributed by atoms with E-state index >= 15 is 0 Å². The van der Waals surface area contributed by atoms with Crippen LogP contribution >= 0.6 is 11.6 Å². The van der Waals surface area contributed by atoms with Crippen molar-refractivity contribution in [1.82, 2.24) is 20.0 Å². The van der Waals surface area contributed by atoms with Crippen LogP contribution in [0.4, 0.5) is 9.18 Å². The first kappa shape index (κ1) is 26.6. The number of ether oxygens (including phenoxy) is 1. The fourth-order valence-electron chi connectivity index (χ4n) is 4.68. The molecule has 10 heteroatoms. The maximum atomic E-state index is 13.6. The number of carbonyl (C=O) groups excluding carboxylic acids is 3. The smallest absolute Gasteiger partial charge is 0.338 e. The molecule has 1 saturated heterocycles. The number of hydrogen-bond acceptors (Lipinski definition) is 5. The van der Waals surface area contributed by atoms with Gasteiger partial charge in [-0.05, 0) is 49.2 Å². The molecule has 0 radical (unpaired) electrons. The molecule has 196 valence electrons. The van der Waals surface area contributed by atoms with Gasteiger partial charge in [0.15, 0.2) is 0 Å². The lowest BCUT2D eigenvalue weighted by molar-refractivity contribution is -0.139. The summed E-state index contributed by atoms with van der Waals surface area (Å²) in [5.74, 6) is -1.18. The minimum absolute atomic E-state index is 0.191. The molecular weight excluding hydrogens is 499 g/mol. The average molecular weight is 529 g/mol. The molecular formula is C27H30ClFN4O4. The molecule has 0 spiro atoms. The van der Waals surface area contributed by atoms with Crippen molar-refractivity contribution in [3.05, 3.63) is 81.8 Å². The molecule has 2 aromatic rings. The van der Waals surface area contributed by atoms with E-state index in [1.807, 2.05) is 0 Å². The monoisotopic (exact) mass is 528 g/mol. The summed E-state index contributed by atoms with van der Waals surface area (Å²) in [6.45, 7) is 4.38. The van der Waals surface area contributed by atoms with Crippen LogP contribution in [0.1, 0.15) is 35.3 Å². The lowest BCUT2D eigenvalue weighted by Gasteiger charge is -2.36.